The summed E-state index contributed by atoms with van der Waals surface area (Å²) in [5.74, 6) is 0.389. The van der Waals surface area contributed by atoms with Crippen molar-refractivity contribution in [3.05, 3.63) is 18.2 Å². The number of benzene rings is 1. The molecule has 1 saturated heterocycles. The van der Waals surface area contributed by atoms with Gasteiger partial charge in [0, 0.05) is 13.1 Å². The summed E-state index contributed by atoms with van der Waals surface area (Å²) in [6.07, 6.45) is -2.13. The van der Waals surface area contributed by atoms with Crippen molar-refractivity contribution >= 4 is 15.7 Å². The predicted octanol–water partition coefficient (Wildman–Crippen LogP) is -0.997. The lowest BCUT2D eigenvalue weighted by Crippen LogP contribution is -2.30. The van der Waals surface area contributed by atoms with E-state index in [2.05, 4.69) is 0 Å². The van der Waals surface area contributed by atoms with Gasteiger partial charge in [0.15, 0.2) is 0 Å². The third kappa shape index (κ3) is 2.52. The first-order chi connectivity index (χ1) is 8.86. The molecule has 106 valence electrons. The number of methoxy groups -OCH3 is 1. The lowest BCUT2D eigenvalue weighted by atomic mass is 10.3. The van der Waals surface area contributed by atoms with E-state index in [1.54, 1.807) is 0 Å². The molecule has 2 unspecified atom stereocenters. The van der Waals surface area contributed by atoms with Crippen LogP contribution in [0.3, 0.4) is 0 Å². The van der Waals surface area contributed by atoms with Crippen LogP contribution in [-0.2, 0) is 10.0 Å². The molecule has 0 saturated carbocycles. The minimum atomic E-state index is -3.77. The van der Waals surface area contributed by atoms with Crippen molar-refractivity contribution in [1.82, 2.24) is 4.31 Å². The van der Waals surface area contributed by atoms with Gasteiger partial charge >= 0.3 is 0 Å². The number of ether oxygens (including phenoxy) is 1. The monoisotopic (exact) mass is 288 g/mol. The summed E-state index contributed by atoms with van der Waals surface area (Å²) < 4.78 is 30.6. The molecule has 1 aromatic carbocycles. The second-order valence-corrected chi connectivity index (χ2v) is 6.30. The minimum Gasteiger partial charge on any atom is -0.495 e. The van der Waals surface area contributed by atoms with Crippen LogP contribution < -0.4 is 10.5 Å². The Morgan fingerprint density at radius 1 is 1.32 bits per heavy atom. The van der Waals surface area contributed by atoms with Crippen molar-refractivity contribution in [1.29, 1.82) is 0 Å². The second-order valence-electron chi connectivity index (χ2n) is 4.36. The zero-order chi connectivity index (χ0) is 14.2. The van der Waals surface area contributed by atoms with Gasteiger partial charge in [0.1, 0.15) is 5.75 Å². The van der Waals surface area contributed by atoms with Crippen LogP contribution in [0.4, 0.5) is 5.69 Å². The van der Waals surface area contributed by atoms with Crippen LogP contribution in [0.1, 0.15) is 0 Å². The second kappa shape index (κ2) is 4.97. The van der Waals surface area contributed by atoms with Gasteiger partial charge in [0.05, 0.1) is 29.9 Å². The van der Waals surface area contributed by atoms with E-state index in [0.717, 1.165) is 4.31 Å². The highest BCUT2D eigenvalue weighted by molar-refractivity contribution is 7.89. The van der Waals surface area contributed by atoms with E-state index >= 15 is 0 Å². The number of hydrogen-bond donors (Lipinski definition) is 3. The quantitative estimate of drug-likeness (QED) is 0.615. The number of aliphatic hydroxyl groups is 2. The Labute approximate surface area is 111 Å². The molecule has 7 nitrogen and oxygen atoms in total. The van der Waals surface area contributed by atoms with E-state index in [1.807, 2.05) is 0 Å². The summed E-state index contributed by atoms with van der Waals surface area (Å²) in [4.78, 5) is 0.00657. The summed E-state index contributed by atoms with van der Waals surface area (Å²) in [6.45, 7) is -0.259. The number of nitrogen functional groups attached to an aromatic ring is 1. The summed E-state index contributed by atoms with van der Waals surface area (Å²) in [5.41, 5.74) is 5.89. The van der Waals surface area contributed by atoms with Crippen molar-refractivity contribution in [2.24, 2.45) is 0 Å². The fourth-order valence-corrected chi connectivity index (χ4v) is 3.47. The van der Waals surface area contributed by atoms with Crippen molar-refractivity contribution in [2.45, 2.75) is 17.1 Å². The first-order valence-corrected chi connectivity index (χ1v) is 7.10. The minimum absolute atomic E-state index is 0.00657. The van der Waals surface area contributed by atoms with Crippen molar-refractivity contribution < 1.29 is 23.4 Å². The van der Waals surface area contributed by atoms with Crippen molar-refractivity contribution in [2.75, 3.05) is 25.9 Å². The molecule has 0 aromatic heterocycles. The molecule has 1 heterocycles. The van der Waals surface area contributed by atoms with Crippen molar-refractivity contribution in [3.8, 4) is 5.75 Å². The fraction of sp³-hybridized carbons (Fsp3) is 0.455. The fourth-order valence-electron chi connectivity index (χ4n) is 1.95. The molecule has 2 atom stereocenters. The average molecular weight is 288 g/mol. The molecule has 0 radical (unpaired) electrons. The average Bonchev–Trinajstić information content (AvgIpc) is 2.70. The molecule has 2 rings (SSSR count). The van der Waals surface area contributed by atoms with Crippen LogP contribution >= 0.6 is 0 Å². The van der Waals surface area contributed by atoms with Gasteiger partial charge in [0.2, 0.25) is 10.0 Å². The molecule has 1 aromatic rings. The van der Waals surface area contributed by atoms with Crippen LogP contribution in [0.15, 0.2) is 23.1 Å². The highest BCUT2D eigenvalue weighted by Gasteiger charge is 2.37. The third-order valence-corrected chi connectivity index (χ3v) is 4.89. The number of nitrogens with zero attached hydrogens (tertiary/aromatic N) is 1. The Kier molecular flexibility index (Phi) is 3.68. The molecule has 0 spiro atoms. The van der Waals surface area contributed by atoms with Gasteiger partial charge in [-0.05, 0) is 18.2 Å². The van der Waals surface area contributed by atoms with E-state index in [-0.39, 0.29) is 23.7 Å². The largest absolute Gasteiger partial charge is 0.495 e. The molecular weight excluding hydrogens is 272 g/mol. The van der Waals surface area contributed by atoms with Crippen LogP contribution in [0.5, 0.6) is 5.75 Å². The van der Waals surface area contributed by atoms with E-state index in [1.165, 1.54) is 25.3 Å². The maximum atomic E-state index is 12.3. The smallest absolute Gasteiger partial charge is 0.243 e. The van der Waals surface area contributed by atoms with Crippen LogP contribution in [0, 0.1) is 0 Å². The lowest BCUT2D eigenvalue weighted by molar-refractivity contribution is 0.0572. The van der Waals surface area contributed by atoms with E-state index in [9.17, 15) is 18.6 Å². The molecule has 0 bridgehead atoms. The first kappa shape index (κ1) is 14.1. The Bertz CT molecular complexity index is 564. The summed E-state index contributed by atoms with van der Waals surface area (Å²) >= 11 is 0. The predicted molar refractivity (Wildman–Crippen MR) is 68.2 cm³/mol. The van der Waals surface area contributed by atoms with Gasteiger partial charge in [-0.2, -0.15) is 4.31 Å². The van der Waals surface area contributed by atoms with Gasteiger partial charge in [-0.3, -0.25) is 0 Å². The number of nitrogens with two attached hydrogens (primary N) is 1. The van der Waals surface area contributed by atoms with E-state index in [0.29, 0.717) is 5.75 Å². The van der Waals surface area contributed by atoms with Gasteiger partial charge in [-0.15, -0.1) is 0 Å². The SMILES string of the molecule is COc1ccc(S(=O)(=O)N2CC(O)C(O)C2)cc1N. The van der Waals surface area contributed by atoms with Crippen LogP contribution in [0.25, 0.3) is 0 Å². The number of aliphatic hydroxyl groups excluding tert-OH is 2. The Balaban J connectivity index is 2.33. The Morgan fingerprint density at radius 2 is 1.89 bits per heavy atom. The zero-order valence-corrected chi connectivity index (χ0v) is 11.2. The number of sulfonamides is 1. The highest BCUT2D eigenvalue weighted by atomic mass is 32.2. The molecule has 0 amide bonds. The van der Waals surface area contributed by atoms with Gasteiger partial charge < -0.3 is 20.7 Å². The summed E-state index contributed by atoms with van der Waals surface area (Å²) in [6, 6.07) is 4.14. The lowest BCUT2D eigenvalue weighted by Gasteiger charge is -2.16. The summed E-state index contributed by atoms with van der Waals surface area (Å²) in [7, 11) is -2.34. The maximum Gasteiger partial charge on any atom is 0.243 e. The molecule has 4 N–H and O–H groups in total. The molecule has 1 fully saturated rings. The molecule has 0 aliphatic carbocycles. The number of hydrogen-bond acceptors (Lipinski definition) is 6. The maximum absolute atomic E-state index is 12.3. The third-order valence-electron chi connectivity index (χ3n) is 3.06. The molecule has 19 heavy (non-hydrogen) atoms. The van der Waals surface area contributed by atoms with Crippen LogP contribution in [-0.4, -0.2) is 55.3 Å². The standard InChI is InChI=1S/C11H16N2O5S/c1-18-11-3-2-7(4-8(11)12)19(16,17)13-5-9(14)10(15)6-13/h2-4,9-10,14-15H,5-6,12H2,1H3. The summed E-state index contributed by atoms with van der Waals surface area (Å²) in [5, 5.41) is 18.8. The number of β-amino-alcohol motifs (C(OH)–C–C–N with tert-alkyl or cyclic N) is 2. The van der Waals surface area contributed by atoms with Gasteiger partial charge in [0.25, 0.3) is 0 Å². The van der Waals surface area contributed by atoms with E-state index in [4.69, 9.17) is 10.5 Å². The van der Waals surface area contributed by atoms with Crippen LogP contribution in [0.2, 0.25) is 0 Å². The normalized spacial score (nSPS) is 24.6. The van der Waals surface area contributed by atoms with Gasteiger partial charge in [-0.25, -0.2) is 8.42 Å². The van der Waals surface area contributed by atoms with Gasteiger partial charge in [-0.1, -0.05) is 0 Å². The van der Waals surface area contributed by atoms with E-state index < -0.39 is 22.2 Å². The number of rotatable bonds is 3. The molecule has 1 aliphatic heterocycles. The molecule has 1 aliphatic rings. The highest BCUT2D eigenvalue weighted by Crippen LogP contribution is 2.27. The van der Waals surface area contributed by atoms with Crippen molar-refractivity contribution in [3.63, 3.8) is 0 Å². The first-order valence-electron chi connectivity index (χ1n) is 5.66. The molecule has 8 heteroatoms. The zero-order valence-electron chi connectivity index (χ0n) is 10.4. The molecular formula is C11H16N2O5S. The Morgan fingerprint density at radius 3 is 2.37 bits per heavy atom. The topological polar surface area (TPSA) is 113 Å². The number of anilines is 1. The Hall–Kier alpha value is -1.35.